The van der Waals surface area contributed by atoms with Crippen molar-refractivity contribution in [3.8, 4) is 0 Å². The average molecular weight is 223 g/mol. The first-order chi connectivity index (χ1) is 7.61. The molecule has 0 aromatic carbocycles. The van der Waals surface area contributed by atoms with E-state index in [0.29, 0.717) is 12.1 Å². The van der Waals surface area contributed by atoms with Crippen LogP contribution in [0.25, 0.3) is 0 Å². The van der Waals surface area contributed by atoms with E-state index in [1.807, 2.05) is 19.0 Å². The smallest absolute Gasteiger partial charge is 0.325 e. The standard InChI is InChI=1S/C11H17N3O2/c1-14(2)7-6-13-10(11(15)16)9-4-3-5-12-8-9/h3-5,8,10,13H,6-7H2,1-2H3,(H,15,16). The van der Waals surface area contributed by atoms with Crippen LogP contribution in [-0.2, 0) is 4.79 Å². The van der Waals surface area contributed by atoms with E-state index >= 15 is 0 Å². The minimum atomic E-state index is -0.883. The molecule has 0 aliphatic carbocycles. The van der Waals surface area contributed by atoms with Gasteiger partial charge in [-0.05, 0) is 25.7 Å². The molecule has 0 radical (unpaired) electrons. The monoisotopic (exact) mass is 223 g/mol. The number of nitrogens with zero attached hydrogens (tertiary/aromatic N) is 2. The van der Waals surface area contributed by atoms with Gasteiger partial charge in [-0.1, -0.05) is 6.07 Å². The predicted octanol–water partition coefficient (Wildman–Crippen LogP) is 0.358. The van der Waals surface area contributed by atoms with Gasteiger partial charge in [-0.25, -0.2) is 0 Å². The molecule has 5 nitrogen and oxygen atoms in total. The summed E-state index contributed by atoms with van der Waals surface area (Å²) in [5.74, 6) is -0.883. The van der Waals surface area contributed by atoms with Crippen molar-refractivity contribution in [3.05, 3.63) is 30.1 Å². The van der Waals surface area contributed by atoms with Crippen LogP contribution in [0.2, 0.25) is 0 Å². The molecular formula is C11H17N3O2. The Morgan fingerprint density at radius 1 is 1.62 bits per heavy atom. The molecule has 0 aliphatic rings. The second-order valence-corrected chi connectivity index (χ2v) is 3.82. The molecule has 0 spiro atoms. The largest absolute Gasteiger partial charge is 0.480 e. The molecule has 1 aromatic rings. The fraction of sp³-hybridized carbons (Fsp3) is 0.455. The minimum Gasteiger partial charge on any atom is -0.480 e. The minimum absolute atomic E-state index is 0.624. The van der Waals surface area contributed by atoms with Crippen molar-refractivity contribution in [1.82, 2.24) is 15.2 Å². The Morgan fingerprint density at radius 3 is 2.88 bits per heavy atom. The normalized spacial score (nSPS) is 12.7. The zero-order chi connectivity index (χ0) is 12.0. The lowest BCUT2D eigenvalue weighted by molar-refractivity contribution is -0.139. The molecule has 0 saturated heterocycles. The van der Waals surface area contributed by atoms with Gasteiger partial charge in [0.2, 0.25) is 0 Å². The molecule has 0 fully saturated rings. The number of carbonyl (C=O) groups is 1. The van der Waals surface area contributed by atoms with Gasteiger partial charge in [0.15, 0.2) is 0 Å². The number of hydrogen-bond acceptors (Lipinski definition) is 4. The number of nitrogens with one attached hydrogen (secondary N) is 1. The highest BCUT2D eigenvalue weighted by molar-refractivity contribution is 5.75. The van der Waals surface area contributed by atoms with Crippen molar-refractivity contribution < 1.29 is 9.90 Å². The van der Waals surface area contributed by atoms with Crippen LogP contribution in [0.5, 0.6) is 0 Å². The topological polar surface area (TPSA) is 65.5 Å². The van der Waals surface area contributed by atoms with Gasteiger partial charge in [-0.3, -0.25) is 15.1 Å². The van der Waals surface area contributed by atoms with Gasteiger partial charge in [0, 0.05) is 25.5 Å². The molecule has 0 saturated carbocycles. The second kappa shape index (κ2) is 6.19. The molecule has 0 aliphatic heterocycles. The van der Waals surface area contributed by atoms with E-state index in [-0.39, 0.29) is 0 Å². The summed E-state index contributed by atoms with van der Waals surface area (Å²) < 4.78 is 0. The first-order valence-corrected chi connectivity index (χ1v) is 5.12. The molecule has 0 bridgehead atoms. The Balaban J connectivity index is 2.59. The van der Waals surface area contributed by atoms with Gasteiger partial charge < -0.3 is 10.0 Å². The van der Waals surface area contributed by atoms with Crippen molar-refractivity contribution in [1.29, 1.82) is 0 Å². The van der Waals surface area contributed by atoms with Crippen molar-refractivity contribution in [2.24, 2.45) is 0 Å². The number of pyridine rings is 1. The van der Waals surface area contributed by atoms with Crippen LogP contribution in [0.4, 0.5) is 0 Å². The third kappa shape index (κ3) is 3.96. The molecule has 0 amide bonds. The van der Waals surface area contributed by atoms with E-state index < -0.39 is 12.0 Å². The summed E-state index contributed by atoms with van der Waals surface area (Å²) >= 11 is 0. The van der Waals surface area contributed by atoms with Crippen molar-refractivity contribution in [2.75, 3.05) is 27.2 Å². The summed E-state index contributed by atoms with van der Waals surface area (Å²) in [5, 5.41) is 12.1. The van der Waals surface area contributed by atoms with Crippen LogP contribution < -0.4 is 5.32 Å². The van der Waals surface area contributed by atoms with Crippen LogP contribution in [0.15, 0.2) is 24.5 Å². The Kier molecular flexibility index (Phi) is 4.88. The van der Waals surface area contributed by atoms with Gasteiger partial charge in [0.05, 0.1) is 0 Å². The van der Waals surface area contributed by atoms with Gasteiger partial charge in [-0.15, -0.1) is 0 Å². The SMILES string of the molecule is CN(C)CCNC(C(=O)O)c1cccnc1. The summed E-state index contributed by atoms with van der Waals surface area (Å²) in [7, 11) is 3.89. The summed E-state index contributed by atoms with van der Waals surface area (Å²) in [6.45, 7) is 1.42. The molecule has 2 N–H and O–H groups in total. The highest BCUT2D eigenvalue weighted by atomic mass is 16.4. The number of carboxylic acids is 1. The van der Waals surface area contributed by atoms with E-state index in [9.17, 15) is 4.79 Å². The second-order valence-electron chi connectivity index (χ2n) is 3.82. The first-order valence-electron chi connectivity index (χ1n) is 5.12. The van der Waals surface area contributed by atoms with Gasteiger partial charge >= 0.3 is 5.97 Å². The summed E-state index contributed by atoms with van der Waals surface area (Å²) in [5.41, 5.74) is 0.675. The quantitative estimate of drug-likeness (QED) is 0.729. The molecule has 88 valence electrons. The number of likely N-dealkylation sites (N-methyl/N-ethyl adjacent to an activating group) is 1. The van der Waals surface area contributed by atoms with Crippen molar-refractivity contribution in [2.45, 2.75) is 6.04 Å². The number of aromatic nitrogens is 1. The Bertz CT molecular complexity index is 327. The highest BCUT2D eigenvalue weighted by Gasteiger charge is 2.18. The number of hydrogen-bond donors (Lipinski definition) is 2. The zero-order valence-electron chi connectivity index (χ0n) is 9.55. The van der Waals surface area contributed by atoms with Crippen LogP contribution in [0.1, 0.15) is 11.6 Å². The van der Waals surface area contributed by atoms with Crippen LogP contribution in [-0.4, -0.2) is 48.1 Å². The summed E-state index contributed by atoms with van der Waals surface area (Å²) in [6, 6.07) is 2.81. The Morgan fingerprint density at radius 2 is 2.38 bits per heavy atom. The molecule has 1 rings (SSSR count). The predicted molar refractivity (Wildman–Crippen MR) is 61.2 cm³/mol. The molecule has 16 heavy (non-hydrogen) atoms. The molecular weight excluding hydrogens is 206 g/mol. The Labute approximate surface area is 95.1 Å². The summed E-state index contributed by atoms with van der Waals surface area (Å²) in [4.78, 5) is 17.0. The molecule has 1 unspecified atom stereocenters. The Hall–Kier alpha value is -1.46. The van der Waals surface area contributed by atoms with Crippen molar-refractivity contribution >= 4 is 5.97 Å². The van der Waals surface area contributed by atoms with E-state index in [4.69, 9.17) is 5.11 Å². The van der Waals surface area contributed by atoms with Crippen LogP contribution in [0.3, 0.4) is 0 Å². The lowest BCUT2D eigenvalue weighted by atomic mass is 10.1. The van der Waals surface area contributed by atoms with Crippen LogP contribution in [0, 0.1) is 0 Å². The number of aliphatic carboxylic acids is 1. The first kappa shape index (κ1) is 12.6. The third-order valence-corrected chi connectivity index (χ3v) is 2.17. The maximum atomic E-state index is 11.1. The fourth-order valence-electron chi connectivity index (χ4n) is 1.33. The van der Waals surface area contributed by atoms with Crippen molar-refractivity contribution in [3.63, 3.8) is 0 Å². The summed E-state index contributed by atoms with van der Waals surface area (Å²) in [6.07, 6.45) is 3.20. The third-order valence-electron chi connectivity index (χ3n) is 2.17. The van der Waals surface area contributed by atoms with Gasteiger partial charge in [0.25, 0.3) is 0 Å². The van der Waals surface area contributed by atoms with E-state index in [0.717, 1.165) is 6.54 Å². The zero-order valence-corrected chi connectivity index (χ0v) is 9.55. The molecule has 1 aromatic heterocycles. The molecule has 5 heteroatoms. The lowest BCUT2D eigenvalue weighted by Crippen LogP contribution is -2.33. The van der Waals surface area contributed by atoms with Gasteiger partial charge in [-0.2, -0.15) is 0 Å². The lowest BCUT2D eigenvalue weighted by Gasteiger charge is -2.16. The molecule has 1 atom stereocenters. The highest BCUT2D eigenvalue weighted by Crippen LogP contribution is 2.10. The van der Waals surface area contributed by atoms with Crippen LogP contribution >= 0.6 is 0 Å². The number of rotatable bonds is 6. The number of carboxylic acid groups (broad SMARTS) is 1. The maximum Gasteiger partial charge on any atom is 0.325 e. The average Bonchev–Trinajstić information content (AvgIpc) is 2.25. The van der Waals surface area contributed by atoms with Gasteiger partial charge in [0.1, 0.15) is 6.04 Å². The fourth-order valence-corrected chi connectivity index (χ4v) is 1.33. The van der Waals surface area contributed by atoms with E-state index in [1.54, 1.807) is 24.5 Å². The van der Waals surface area contributed by atoms with E-state index in [1.165, 1.54) is 0 Å². The van der Waals surface area contributed by atoms with E-state index in [2.05, 4.69) is 10.3 Å². The molecule has 1 heterocycles. The maximum absolute atomic E-state index is 11.1.